The molecule has 7 nitrogen and oxygen atoms in total. The van der Waals surface area contributed by atoms with Gasteiger partial charge in [-0.1, -0.05) is 51.5 Å². The van der Waals surface area contributed by atoms with Crippen molar-refractivity contribution in [1.29, 1.82) is 0 Å². The molecule has 2 aromatic carbocycles. The molecule has 178 valence electrons. The van der Waals surface area contributed by atoms with Crippen LogP contribution in [-0.4, -0.2) is 31.2 Å². The predicted octanol–water partition coefficient (Wildman–Crippen LogP) is 5.95. The number of carbonyl (C=O) groups is 2. The highest BCUT2D eigenvalue weighted by molar-refractivity contribution is 9.10. The number of amides is 1. The third kappa shape index (κ3) is 3.46. The van der Waals surface area contributed by atoms with E-state index < -0.39 is 17.7 Å². The predicted molar refractivity (Wildman–Crippen MR) is 143 cm³/mol. The van der Waals surface area contributed by atoms with E-state index in [2.05, 4.69) is 25.9 Å². The first-order valence-corrected chi connectivity index (χ1v) is 12.8. The zero-order valence-corrected chi connectivity index (χ0v) is 21.7. The molecule has 36 heavy (non-hydrogen) atoms. The Morgan fingerprint density at radius 3 is 2.58 bits per heavy atom. The van der Waals surface area contributed by atoms with Gasteiger partial charge in [-0.15, -0.1) is 0 Å². The number of fused-ring (bicyclic) bond motifs is 2. The van der Waals surface area contributed by atoms with Gasteiger partial charge in [-0.3, -0.25) is 18.9 Å². The zero-order chi connectivity index (χ0) is 25.1. The number of aliphatic hydroxyl groups excluding tert-OH is 1. The van der Waals surface area contributed by atoms with E-state index in [-0.39, 0.29) is 11.3 Å². The molecule has 0 bridgehead atoms. The second-order valence-corrected chi connectivity index (χ2v) is 10.6. The number of aryl methyl sites for hydroxylation is 2. The largest absolute Gasteiger partial charge is 0.505 e. The average molecular weight is 559 g/mol. The van der Waals surface area contributed by atoms with Crippen LogP contribution in [0.5, 0.6) is 0 Å². The molecular formula is C27H19BrN4O3S. The number of aliphatic hydroxyl groups is 1. The second-order valence-electron chi connectivity index (χ2n) is 8.66. The number of aromatic nitrogens is 3. The number of hydrogen-bond acceptors (Lipinski definition) is 6. The van der Waals surface area contributed by atoms with E-state index in [1.807, 2.05) is 67.6 Å². The molecule has 1 atom stereocenters. The van der Waals surface area contributed by atoms with Crippen molar-refractivity contribution in [2.45, 2.75) is 19.9 Å². The zero-order valence-electron chi connectivity index (χ0n) is 19.3. The van der Waals surface area contributed by atoms with Crippen LogP contribution in [0.2, 0.25) is 0 Å². The van der Waals surface area contributed by atoms with Crippen molar-refractivity contribution in [3.63, 3.8) is 0 Å². The highest BCUT2D eigenvalue weighted by Crippen LogP contribution is 2.44. The third-order valence-corrected chi connectivity index (χ3v) is 7.84. The van der Waals surface area contributed by atoms with Gasteiger partial charge >= 0.3 is 5.91 Å². The minimum Gasteiger partial charge on any atom is -0.505 e. The lowest BCUT2D eigenvalue weighted by Crippen LogP contribution is -2.29. The number of thiazole rings is 1. The summed E-state index contributed by atoms with van der Waals surface area (Å²) in [6.45, 7) is 3.76. The molecule has 1 unspecified atom stereocenters. The molecule has 1 N–H and O–H groups in total. The normalized spacial score (nSPS) is 17.5. The maximum Gasteiger partial charge on any atom is 0.301 e. The molecule has 1 fully saturated rings. The van der Waals surface area contributed by atoms with E-state index in [1.165, 1.54) is 16.2 Å². The first-order chi connectivity index (χ1) is 17.3. The van der Waals surface area contributed by atoms with Crippen LogP contribution in [0.3, 0.4) is 0 Å². The van der Waals surface area contributed by atoms with E-state index in [1.54, 1.807) is 17.5 Å². The molecule has 1 amide bonds. The van der Waals surface area contributed by atoms with Gasteiger partial charge in [-0.25, -0.2) is 9.97 Å². The van der Waals surface area contributed by atoms with E-state index in [0.717, 1.165) is 20.3 Å². The van der Waals surface area contributed by atoms with E-state index in [4.69, 9.17) is 0 Å². The summed E-state index contributed by atoms with van der Waals surface area (Å²) in [7, 11) is 0. The summed E-state index contributed by atoms with van der Waals surface area (Å²) in [5.41, 5.74) is 4.07. The topological polar surface area (TPSA) is 87.8 Å². The Bertz CT molecular complexity index is 1740. The second kappa shape index (κ2) is 8.39. The van der Waals surface area contributed by atoms with Crippen LogP contribution in [0.25, 0.3) is 21.6 Å². The fourth-order valence-electron chi connectivity index (χ4n) is 4.64. The number of rotatable bonds is 3. The van der Waals surface area contributed by atoms with Gasteiger partial charge < -0.3 is 5.11 Å². The number of hydrogen-bond donors (Lipinski definition) is 1. The summed E-state index contributed by atoms with van der Waals surface area (Å²) in [6.07, 6.45) is 1.77. The Hall–Kier alpha value is -3.82. The Morgan fingerprint density at radius 1 is 1.03 bits per heavy atom. The quantitative estimate of drug-likeness (QED) is 0.168. The minimum atomic E-state index is -0.853. The summed E-state index contributed by atoms with van der Waals surface area (Å²) in [4.78, 5) is 37.6. The Kier molecular flexibility index (Phi) is 5.27. The lowest BCUT2D eigenvalue weighted by atomic mass is 9.96. The van der Waals surface area contributed by atoms with Crippen molar-refractivity contribution < 1.29 is 14.7 Å². The summed E-state index contributed by atoms with van der Waals surface area (Å²) in [5.74, 6) is -1.76. The van der Waals surface area contributed by atoms with Crippen molar-refractivity contribution in [2.24, 2.45) is 0 Å². The lowest BCUT2D eigenvalue weighted by molar-refractivity contribution is -0.132. The summed E-state index contributed by atoms with van der Waals surface area (Å²) in [5, 5.41) is 12.0. The van der Waals surface area contributed by atoms with Crippen LogP contribution < -0.4 is 4.90 Å². The number of ketones is 1. The smallest absolute Gasteiger partial charge is 0.301 e. The van der Waals surface area contributed by atoms with Crippen molar-refractivity contribution in [2.75, 3.05) is 4.90 Å². The molecule has 1 aliphatic heterocycles. The first-order valence-electron chi connectivity index (χ1n) is 11.2. The maximum absolute atomic E-state index is 13.5. The first kappa shape index (κ1) is 22.6. The van der Waals surface area contributed by atoms with Crippen LogP contribution in [0.4, 0.5) is 5.13 Å². The molecular weight excluding hydrogens is 540 g/mol. The van der Waals surface area contributed by atoms with Crippen LogP contribution in [0, 0.1) is 13.8 Å². The molecule has 5 aromatic rings. The molecule has 0 spiro atoms. The van der Waals surface area contributed by atoms with Crippen molar-refractivity contribution in [1.82, 2.24) is 14.4 Å². The van der Waals surface area contributed by atoms with Gasteiger partial charge in [0.2, 0.25) is 0 Å². The molecule has 1 saturated heterocycles. The van der Waals surface area contributed by atoms with Gasteiger partial charge in [0.15, 0.2) is 10.9 Å². The Morgan fingerprint density at radius 2 is 1.81 bits per heavy atom. The van der Waals surface area contributed by atoms with Gasteiger partial charge in [-0.2, -0.15) is 0 Å². The molecule has 1 aliphatic rings. The number of nitrogens with zero attached hydrogens (tertiary/aromatic N) is 4. The summed E-state index contributed by atoms with van der Waals surface area (Å²) < 4.78 is 3.49. The van der Waals surface area contributed by atoms with Gasteiger partial charge in [0, 0.05) is 10.7 Å². The van der Waals surface area contributed by atoms with Crippen molar-refractivity contribution in [3.8, 4) is 0 Å². The van der Waals surface area contributed by atoms with Gasteiger partial charge in [0.25, 0.3) is 5.78 Å². The molecule has 4 heterocycles. The van der Waals surface area contributed by atoms with Gasteiger partial charge in [0.05, 0.1) is 27.5 Å². The molecule has 9 heteroatoms. The van der Waals surface area contributed by atoms with E-state index >= 15 is 0 Å². The molecule has 0 aliphatic carbocycles. The Labute approximate surface area is 218 Å². The highest BCUT2D eigenvalue weighted by atomic mass is 79.9. The SMILES string of the molecule is Cc1ccc2nc(N3C(=O)C(=O)/C(=C(/O)c4c(C)nc5ccccn45)C3c3ccc(Br)cc3)sc2c1. The van der Waals surface area contributed by atoms with Crippen LogP contribution >= 0.6 is 27.3 Å². The number of Topliss-reactive ketones (excluding diaryl/α,β-unsaturated/α-hetero) is 1. The van der Waals surface area contributed by atoms with Crippen LogP contribution in [0.1, 0.15) is 28.6 Å². The number of pyridine rings is 1. The number of anilines is 1. The fourth-order valence-corrected chi connectivity index (χ4v) is 5.99. The van der Waals surface area contributed by atoms with Crippen molar-refractivity contribution >= 4 is 65.7 Å². The fraction of sp³-hybridized carbons (Fsp3) is 0.111. The number of halogens is 1. The van der Waals surface area contributed by atoms with Gasteiger partial charge in [-0.05, 0) is 61.4 Å². The lowest BCUT2D eigenvalue weighted by Gasteiger charge is -2.23. The van der Waals surface area contributed by atoms with E-state index in [0.29, 0.717) is 27.7 Å². The highest BCUT2D eigenvalue weighted by Gasteiger charge is 2.48. The van der Waals surface area contributed by atoms with Crippen LogP contribution in [0.15, 0.2) is 76.9 Å². The number of benzene rings is 2. The van der Waals surface area contributed by atoms with Crippen LogP contribution in [-0.2, 0) is 9.59 Å². The standard InChI is InChI=1S/C27H19BrN4O3S/c1-14-6-11-18-19(13-14)36-27(30-18)32-23(16-7-9-17(28)10-8-16)21(25(34)26(32)35)24(33)22-15(2)29-20-5-3-4-12-31(20)22/h3-13,23,33H,1-2H3/b24-21+. The Balaban J connectivity index is 1.61. The molecule has 6 rings (SSSR count). The monoisotopic (exact) mass is 558 g/mol. The van der Waals surface area contributed by atoms with E-state index in [9.17, 15) is 14.7 Å². The molecule has 0 radical (unpaired) electrons. The third-order valence-electron chi connectivity index (χ3n) is 6.30. The number of imidazole rings is 1. The summed E-state index contributed by atoms with van der Waals surface area (Å²) >= 11 is 4.79. The number of carbonyl (C=O) groups excluding carboxylic acids is 2. The minimum absolute atomic E-state index is 0.00603. The van der Waals surface area contributed by atoms with Gasteiger partial charge in [0.1, 0.15) is 11.3 Å². The maximum atomic E-state index is 13.5. The molecule has 0 saturated carbocycles. The molecule has 3 aromatic heterocycles. The summed E-state index contributed by atoms with van der Waals surface area (Å²) in [6, 6.07) is 17.8. The average Bonchev–Trinajstić information content (AvgIpc) is 3.50. The van der Waals surface area contributed by atoms with Crippen molar-refractivity contribution in [3.05, 3.63) is 99.4 Å².